The minimum atomic E-state index is -3.09. The standard InChI is InChI=1S/C18H36N4O4S/c1-4-19-18(20-14-16-6-11-22(15-16)27(3,23)24)21-9-7-17(8-10-21)26-13-5-12-25-2/h16-17H,4-15H2,1-3H3,(H,19,20). The quantitative estimate of drug-likeness (QED) is 0.347. The first-order chi connectivity index (χ1) is 12.9. The Bertz CT molecular complexity index is 562. The van der Waals surface area contributed by atoms with Crippen molar-refractivity contribution < 1.29 is 17.9 Å². The Morgan fingerprint density at radius 3 is 2.52 bits per heavy atom. The third kappa shape index (κ3) is 7.56. The first-order valence-electron chi connectivity index (χ1n) is 10.0. The van der Waals surface area contributed by atoms with Crippen molar-refractivity contribution in [2.24, 2.45) is 10.9 Å². The van der Waals surface area contributed by atoms with Gasteiger partial charge in [-0.25, -0.2) is 12.7 Å². The fourth-order valence-electron chi connectivity index (χ4n) is 3.58. The average molecular weight is 405 g/mol. The van der Waals surface area contributed by atoms with Crippen LogP contribution in [0.1, 0.15) is 32.6 Å². The molecule has 0 amide bonds. The number of guanidine groups is 1. The summed E-state index contributed by atoms with van der Waals surface area (Å²) in [5, 5.41) is 3.38. The maximum Gasteiger partial charge on any atom is 0.211 e. The second-order valence-electron chi connectivity index (χ2n) is 7.37. The first kappa shape index (κ1) is 22.4. The second-order valence-corrected chi connectivity index (χ2v) is 9.36. The van der Waals surface area contributed by atoms with Crippen molar-refractivity contribution in [1.82, 2.24) is 14.5 Å². The molecule has 2 saturated heterocycles. The lowest BCUT2D eigenvalue weighted by molar-refractivity contribution is 0.00989. The number of methoxy groups -OCH3 is 1. The predicted molar refractivity (Wildman–Crippen MR) is 108 cm³/mol. The molecular formula is C18H36N4O4S. The van der Waals surface area contributed by atoms with Gasteiger partial charge in [0, 0.05) is 59.6 Å². The third-order valence-electron chi connectivity index (χ3n) is 5.14. The van der Waals surface area contributed by atoms with Crippen LogP contribution < -0.4 is 5.32 Å². The van der Waals surface area contributed by atoms with E-state index in [2.05, 4.69) is 17.1 Å². The van der Waals surface area contributed by atoms with E-state index in [-0.39, 0.29) is 0 Å². The summed E-state index contributed by atoms with van der Waals surface area (Å²) < 4.78 is 35.9. The van der Waals surface area contributed by atoms with Gasteiger partial charge in [-0.05, 0) is 38.5 Å². The monoisotopic (exact) mass is 404 g/mol. The number of sulfonamides is 1. The van der Waals surface area contributed by atoms with Crippen LogP contribution in [0, 0.1) is 5.92 Å². The van der Waals surface area contributed by atoms with Gasteiger partial charge in [0.2, 0.25) is 10.0 Å². The van der Waals surface area contributed by atoms with Crippen molar-refractivity contribution in [3.8, 4) is 0 Å². The van der Waals surface area contributed by atoms with E-state index in [1.54, 1.807) is 11.4 Å². The summed E-state index contributed by atoms with van der Waals surface area (Å²) in [6, 6.07) is 0. The van der Waals surface area contributed by atoms with E-state index in [0.29, 0.717) is 31.7 Å². The van der Waals surface area contributed by atoms with E-state index in [0.717, 1.165) is 64.5 Å². The van der Waals surface area contributed by atoms with Gasteiger partial charge in [-0.15, -0.1) is 0 Å². The SMILES string of the molecule is CCNC(=NCC1CCN(S(C)(=O)=O)C1)N1CCC(OCCCOC)CC1. The van der Waals surface area contributed by atoms with Crippen LogP contribution >= 0.6 is 0 Å². The molecule has 0 saturated carbocycles. The Balaban J connectivity index is 1.79. The van der Waals surface area contributed by atoms with E-state index in [4.69, 9.17) is 14.5 Å². The highest BCUT2D eigenvalue weighted by Gasteiger charge is 2.29. The van der Waals surface area contributed by atoms with Crippen LogP contribution in [-0.2, 0) is 19.5 Å². The molecule has 9 heteroatoms. The molecular weight excluding hydrogens is 368 g/mol. The third-order valence-corrected chi connectivity index (χ3v) is 6.41. The van der Waals surface area contributed by atoms with Crippen LogP contribution in [0.4, 0.5) is 0 Å². The summed E-state index contributed by atoms with van der Waals surface area (Å²) in [5.41, 5.74) is 0. The Morgan fingerprint density at radius 2 is 1.93 bits per heavy atom. The Labute approximate surface area is 164 Å². The molecule has 27 heavy (non-hydrogen) atoms. The molecule has 0 radical (unpaired) electrons. The van der Waals surface area contributed by atoms with Crippen LogP contribution in [0.25, 0.3) is 0 Å². The van der Waals surface area contributed by atoms with Gasteiger partial charge in [0.25, 0.3) is 0 Å². The van der Waals surface area contributed by atoms with Gasteiger partial charge in [0.1, 0.15) is 0 Å². The minimum Gasteiger partial charge on any atom is -0.385 e. The maximum absolute atomic E-state index is 11.7. The molecule has 0 aromatic carbocycles. The lowest BCUT2D eigenvalue weighted by Gasteiger charge is -2.34. The fourth-order valence-corrected chi connectivity index (χ4v) is 4.49. The molecule has 2 aliphatic heterocycles. The van der Waals surface area contributed by atoms with Crippen LogP contribution in [0.3, 0.4) is 0 Å². The van der Waals surface area contributed by atoms with E-state index >= 15 is 0 Å². The van der Waals surface area contributed by atoms with Gasteiger partial charge in [-0.2, -0.15) is 0 Å². The predicted octanol–water partition coefficient (Wildman–Crippen LogP) is 0.751. The maximum atomic E-state index is 11.7. The number of hydrogen-bond acceptors (Lipinski definition) is 5. The minimum absolute atomic E-state index is 0.301. The lowest BCUT2D eigenvalue weighted by atomic mass is 10.1. The Morgan fingerprint density at radius 1 is 1.19 bits per heavy atom. The molecule has 1 N–H and O–H groups in total. The van der Waals surface area contributed by atoms with Gasteiger partial charge in [-0.3, -0.25) is 4.99 Å². The van der Waals surface area contributed by atoms with Crippen molar-refractivity contribution in [2.45, 2.75) is 38.7 Å². The van der Waals surface area contributed by atoms with Crippen molar-refractivity contribution in [3.63, 3.8) is 0 Å². The number of rotatable bonds is 9. The fraction of sp³-hybridized carbons (Fsp3) is 0.944. The molecule has 2 heterocycles. The zero-order valence-corrected chi connectivity index (χ0v) is 17.8. The molecule has 158 valence electrons. The highest BCUT2D eigenvalue weighted by molar-refractivity contribution is 7.88. The van der Waals surface area contributed by atoms with Crippen molar-refractivity contribution in [3.05, 3.63) is 0 Å². The number of piperidine rings is 1. The second kappa shape index (κ2) is 11.2. The summed E-state index contributed by atoms with van der Waals surface area (Å²) in [5.74, 6) is 1.24. The summed E-state index contributed by atoms with van der Waals surface area (Å²) in [6.07, 6.45) is 5.43. The molecule has 0 aromatic heterocycles. The molecule has 2 rings (SSSR count). The number of ether oxygens (including phenoxy) is 2. The molecule has 0 aromatic rings. The smallest absolute Gasteiger partial charge is 0.211 e. The van der Waals surface area contributed by atoms with Crippen molar-refractivity contribution in [2.75, 3.05) is 65.8 Å². The zero-order chi connectivity index (χ0) is 19.7. The number of nitrogens with zero attached hydrogens (tertiary/aromatic N) is 3. The molecule has 8 nitrogen and oxygen atoms in total. The van der Waals surface area contributed by atoms with E-state index < -0.39 is 10.0 Å². The zero-order valence-electron chi connectivity index (χ0n) is 17.0. The molecule has 1 unspecified atom stereocenters. The number of nitrogens with one attached hydrogen (secondary N) is 1. The van der Waals surface area contributed by atoms with E-state index in [1.807, 2.05) is 0 Å². The number of hydrogen-bond donors (Lipinski definition) is 1. The Kier molecular flexibility index (Phi) is 9.28. The lowest BCUT2D eigenvalue weighted by Crippen LogP contribution is -2.47. The summed E-state index contributed by atoms with van der Waals surface area (Å²) in [6.45, 7) is 8.12. The van der Waals surface area contributed by atoms with Gasteiger partial charge in [0.15, 0.2) is 5.96 Å². The van der Waals surface area contributed by atoms with E-state index in [1.165, 1.54) is 6.26 Å². The van der Waals surface area contributed by atoms with Crippen LogP contribution in [0.2, 0.25) is 0 Å². The van der Waals surface area contributed by atoms with Gasteiger partial charge in [-0.1, -0.05) is 0 Å². The summed E-state index contributed by atoms with van der Waals surface area (Å²) in [4.78, 5) is 7.09. The van der Waals surface area contributed by atoms with Gasteiger partial charge in [0.05, 0.1) is 12.4 Å². The van der Waals surface area contributed by atoms with E-state index in [9.17, 15) is 8.42 Å². The molecule has 0 spiro atoms. The van der Waals surface area contributed by atoms with Crippen molar-refractivity contribution in [1.29, 1.82) is 0 Å². The number of aliphatic imine (C=N–C) groups is 1. The highest BCUT2D eigenvalue weighted by Crippen LogP contribution is 2.19. The molecule has 2 aliphatic rings. The van der Waals surface area contributed by atoms with Crippen LogP contribution in [-0.4, -0.2) is 95.5 Å². The van der Waals surface area contributed by atoms with Gasteiger partial charge < -0.3 is 19.7 Å². The summed E-state index contributed by atoms with van der Waals surface area (Å²) >= 11 is 0. The van der Waals surface area contributed by atoms with Crippen LogP contribution in [0.15, 0.2) is 4.99 Å². The summed E-state index contributed by atoms with van der Waals surface area (Å²) in [7, 11) is -1.37. The number of likely N-dealkylation sites (tertiary alicyclic amines) is 1. The van der Waals surface area contributed by atoms with Crippen molar-refractivity contribution >= 4 is 16.0 Å². The normalized spacial score (nSPS) is 23.1. The van der Waals surface area contributed by atoms with Gasteiger partial charge >= 0.3 is 0 Å². The molecule has 0 bridgehead atoms. The Hall–Kier alpha value is -0.900. The topological polar surface area (TPSA) is 83.5 Å². The van der Waals surface area contributed by atoms with Crippen LogP contribution in [0.5, 0.6) is 0 Å². The largest absolute Gasteiger partial charge is 0.385 e. The molecule has 0 aliphatic carbocycles. The molecule has 1 atom stereocenters. The molecule has 2 fully saturated rings. The average Bonchev–Trinajstić information content (AvgIpc) is 3.12. The first-order valence-corrected chi connectivity index (χ1v) is 11.9. The highest BCUT2D eigenvalue weighted by atomic mass is 32.2.